The Hall–Kier alpha value is -4.93. The predicted molar refractivity (Wildman–Crippen MR) is 204 cm³/mol. The predicted octanol–water partition coefficient (Wildman–Crippen LogP) is 9.40. The van der Waals surface area contributed by atoms with Gasteiger partial charge in [-0.3, -0.25) is 14.8 Å². The number of pyridine rings is 1. The molecule has 1 amide bonds. The first-order valence-electron chi connectivity index (χ1n) is 17.9. The maximum atomic E-state index is 13.5. The van der Waals surface area contributed by atoms with Gasteiger partial charge in [0.2, 0.25) is 0 Å². The second-order valence-corrected chi connectivity index (χ2v) is 17.5. The van der Waals surface area contributed by atoms with Crippen molar-refractivity contribution in [2.24, 2.45) is 16.2 Å². The van der Waals surface area contributed by atoms with Crippen molar-refractivity contribution in [3.8, 4) is 22.4 Å². The second kappa shape index (κ2) is 11.5. The number of fused-ring (bicyclic) bond motifs is 2. The Morgan fingerprint density at radius 3 is 2.44 bits per heavy atom. The highest BCUT2D eigenvalue weighted by molar-refractivity contribution is 7.22. The third-order valence-corrected chi connectivity index (χ3v) is 13.0. The summed E-state index contributed by atoms with van der Waals surface area (Å²) in [7, 11) is 1.88. The number of aromatic nitrogens is 4. The minimum absolute atomic E-state index is 0.0322. The third kappa shape index (κ3) is 5.42. The van der Waals surface area contributed by atoms with E-state index in [0.717, 1.165) is 70.9 Å². The molecule has 9 nitrogen and oxygen atoms in total. The fourth-order valence-electron chi connectivity index (χ4n) is 11.1. The summed E-state index contributed by atoms with van der Waals surface area (Å²) in [5.74, 6) is -1.37. The van der Waals surface area contributed by atoms with E-state index >= 15 is 0 Å². The van der Waals surface area contributed by atoms with Crippen molar-refractivity contribution >= 4 is 49.3 Å². The van der Waals surface area contributed by atoms with Gasteiger partial charge in [0.15, 0.2) is 10.8 Å². The topological polar surface area (TPSA) is 119 Å². The van der Waals surface area contributed by atoms with Crippen LogP contribution in [-0.2, 0) is 11.3 Å². The van der Waals surface area contributed by atoms with Crippen molar-refractivity contribution in [2.75, 3.05) is 12.4 Å². The van der Waals surface area contributed by atoms with Crippen LogP contribution in [0.4, 0.5) is 5.13 Å². The molecule has 10 heteroatoms. The smallest absolute Gasteiger partial charge is 0.355 e. The molecule has 0 radical (unpaired) electrons. The number of carbonyl (C=O) groups is 2. The molecule has 10 rings (SSSR count). The van der Waals surface area contributed by atoms with Gasteiger partial charge in [-0.25, -0.2) is 14.8 Å². The number of carbonyl (C=O) groups excluding carboxylic acids is 1. The molecule has 264 valence electrons. The Bertz CT molecular complexity index is 2400. The van der Waals surface area contributed by atoms with Crippen LogP contribution in [0.3, 0.4) is 0 Å². The van der Waals surface area contributed by atoms with Crippen molar-refractivity contribution in [2.45, 2.75) is 71.4 Å². The second-order valence-electron chi connectivity index (χ2n) is 16.5. The summed E-state index contributed by atoms with van der Waals surface area (Å²) in [5, 5.41) is 20.4. The van der Waals surface area contributed by atoms with Crippen LogP contribution in [0.25, 0.3) is 43.4 Å². The van der Waals surface area contributed by atoms with Gasteiger partial charge in [0, 0.05) is 41.6 Å². The number of hydrogen-bond acceptors (Lipinski definition) is 7. The van der Waals surface area contributed by atoms with Gasteiger partial charge in [0.1, 0.15) is 0 Å². The molecular weight excluding hydrogens is 671 g/mol. The van der Waals surface area contributed by atoms with E-state index in [4.69, 9.17) is 14.8 Å². The van der Waals surface area contributed by atoms with Gasteiger partial charge in [-0.05, 0) is 109 Å². The highest BCUT2D eigenvalue weighted by atomic mass is 32.1. The Morgan fingerprint density at radius 1 is 0.904 bits per heavy atom. The molecule has 3 aromatic heterocycles. The standard InChI is InChI=1S/C42H41N5O4S/c1-25-31(17-43-47(25)24-41-19-39(2)18-40(3,20-41)22-42(21-39,23-41)51-4)28-14-15-32(44-35(28)37(49)50)27-13-12-26-8-7-9-29(30(26)16-27)36(48)46-38-45-33-10-5-6-11-34(33)52-38/h5-17H,18-24H2,1-4H3,(H,49,50)(H,45,46,48). The molecule has 2 N–H and O–H groups in total. The van der Waals surface area contributed by atoms with Gasteiger partial charge in [-0.15, -0.1) is 0 Å². The fraction of sp³-hybridized carbons (Fsp3) is 0.357. The molecule has 6 aromatic rings. The van der Waals surface area contributed by atoms with Gasteiger partial charge < -0.3 is 9.84 Å². The lowest BCUT2D eigenvalue weighted by molar-refractivity contribution is -0.239. The lowest BCUT2D eigenvalue weighted by Gasteiger charge is -2.69. The van der Waals surface area contributed by atoms with Crippen molar-refractivity contribution in [3.05, 3.63) is 95.9 Å². The van der Waals surface area contributed by atoms with Crippen LogP contribution in [0.1, 0.15) is 78.9 Å². The number of amides is 1. The minimum Gasteiger partial charge on any atom is -0.476 e. The van der Waals surface area contributed by atoms with E-state index in [1.807, 2.05) is 80.8 Å². The molecule has 4 saturated carbocycles. The zero-order valence-electron chi connectivity index (χ0n) is 29.8. The van der Waals surface area contributed by atoms with Crippen LogP contribution >= 0.6 is 11.3 Å². The van der Waals surface area contributed by atoms with Gasteiger partial charge >= 0.3 is 5.97 Å². The monoisotopic (exact) mass is 711 g/mol. The van der Waals surface area contributed by atoms with E-state index in [0.29, 0.717) is 27.5 Å². The molecule has 4 aliphatic rings. The molecule has 4 aliphatic carbocycles. The van der Waals surface area contributed by atoms with Crippen LogP contribution in [0.5, 0.6) is 0 Å². The Labute approximate surface area is 306 Å². The normalized spacial score (nSPS) is 26.3. The van der Waals surface area contributed by atoms with Gasteiger partial charge in [0.25, 0.3) is 5.91 Å². The molecule has 3 heterocycles. The zero-order chi connectivity index (χ0) is 36.0. The SMILES string of the molecule is COC12CC3(C)CC(C)(CC(Cn4ncc(-c5ccc(-c6ccc7cccc(C(=O)Nc8nc9ccccc9s8)c7c6)nc5C(=O)O)c4C)(C3)C1)C2. The van der Waals surface area contributed by atoms with E-state index < -0.39 is 5.97 Å². The average molecular weight is 712 g/mol. The maximum absolute atomic E-state index is 13.5. The summed E-state index contributed by atoms with van der Waals surface area (Å²) in [6.07, 6.45) is 8.61. The highest BCUT2D eigenvalue weighted by Gasteiger charge is 2.66. The lowest BCUT2D eigenvalue weighted by atomic mass is 9.39. The third-order valence-electron chi connectivity index (χ3n) is 12.0. The van der Waals surface area contributed by atoms with Crippen molar-refractivity contribution < 1.29 is 19.4 Å². The first-order valence-corrected chi connectivity index (χ1v) is 18.7. The molecule has 0 aliphatic heterocycles. The Morgan fingerprint density at radius 2 is 1.69 bits per heavy atom. The Balaban J connectivity index is 1.02. The molecule has 0 spiro atoms. The molecule has 2 unspecified atom stereocenters. The summed E-state index contributed by atoms with van der Waals surface area (Å²) in [4.78, 5) is 35.6. The van der Waals surface area contributed by atoms with Crippen LogP contribution in [0, 0.1) is 23.2 Å². The summed E-state index contributed by atoms with van der Waals surface area (Å²) in [5.41, 5.74) is 5.27. The van der Waals surface area contributed by atoms with Gasteiger partial charge in [0.05, 0.1) is 27.7 Å². The number of nitrogens with one attached hydrogen (secondary N) is 1. The van der Waals surface area contributed by atoms with E-state index in [2.05, 4.69) is 28.8 Å². The number of carboxylic acids is 1. The van der Waals surface area contributed by atoms with Crippen LogP contribution in [0.15, 0.2) is 79.0 Å². The largest absolute Gasteiger partial charge is 0.476 e. The quantitative estimate of drug-likeness (QED) is 0.161. The number of carboxylic acid groups (broad SMARTS) is 1. The number of aromatic carboxylic acids is 1. The number of methoxy groups -OCH3 is 1. The molecule has 52 heavy (non-hydrogen) atoms. The van der Waals surface area contributed by atoms with Gasteiger partial charge in [-0.2, -0.15) is 5.10 Å². The minimum atomic E-state index is -1.11. The summed E-state index contributed by atoms with van der Waals surface area (Å²) < 4.78 is 9.37. The number of nitrogens with zero attached hydrogens (tertiary/aromatic N) is 4. The number of benzene rings is 3. The van der Waals surface area contributed by atoms with E-state index in [1.165, 1.54) is 17.8 Å². The summed E-state index contributed by atoms with van der Waals surface area (Å²) >= 11 is 1.43. The molecule has 4 bridgehead atoms. The number of hydrogen-bond donors (Lipinski definition) is 2. The molecular formula is C42H41N5O4S. The molecule has 3 aromatic carbocycles. The Kier molecular flexibility index (Phi) is 7.31. The summed E-state index contributed by atoms with van der Waals surface area (Å²) in [6, 6.07) is 22.8. The van der Waals surface area contributed by atoms with Crippen LogP contribution < -0.4 is 5.32 Å². The first kappa shape index (κ1) is 32.9. The number of rotatable bonds is 8. The zero-order valence-corrected chi connectivity index (χ0v) is 30.6. The van der Waals surface area contributed by atoms with Crippen LogP contribution in [0.2, 0.25) is 0 Å². The number of anilines is 1. The lowest BCUT2D eigenvalue weighted by Crippen LogP contribution is -2.64. The van der Waals surface area contributed by atoms with Gasteiger partial charge in [-0.1, -0.05) is 61.6 Å². The number of thiazole rings is 1. The van der Waals surface area contributed by atoms with Crippen LogP contribution in [-0.4, -0.2) is 49.4 Å². The average Bonchev–Trinajstić information content (AvgIpc) is 3.67. The molecule has 4 fully saturated rings. The van der Waals surface area contributed by atoms with Crippen molar-refractivity contribution in [3.63, 3.8) is 0 Å². The fourth-order valence-corrected chi connectivity index (χ4v) is 12.0. The summed E-state index contributed by atoms with van der Waals surface area (Å²) in [6.45, 7) is 7.69. The maximum Gasteiger partial charge on any atom is 0.355 e. The van der Waals surface area contributed by atoms with E-state index in [-0.39, 0.29) is 33.4 Å². The van der Waals surface area contributed by atoms with E-state index in [1.54, 1.807) is 12.3 Å². The van der Waals surface area contributed by atoms with E-state index in [9.17, 15) is 14.7 Å². The molecule has 2 atom stereocenters. The number of para-hydroxylation sites is 1. The molecule has 0 saturated heterocycles. The first-order chi connectivity index (χ1) is 24.9. The highest BCUT2D eigenvalue weighted by Crippen LogP contribution is 2.72. The van der Waals surface area contributed by atoms with Crippen molar-refractivity contribution in [1.29, 1.82) is 0 Å². The van der Waals surface area contributed by atoms with Crippen molar-refractivity contribution in [1.82, 2.24) is 19.7 Å². The number of ether oxygens (including phenoxy) is 1.